The van der Waals surface area contributed by atoms with Crippen molar-refractivity contribution in [2.24, 2.45) is 5.16 Å². The maximum absolute atomic E-state index is 11.7. The van der Waals surface area contributed by atoms with E-state index in [0.29, 0.717) is 16.9 Å². The van der Waals surface area contributed by atoms with Gasteiger partial charge < -0.3 is 24.7 Å². The molecule has 4 atom stereocenters. The molecule has 0 aromatic carbocycles. The van der Waals surface area contributed by atoms with Crippen molar-refractivity contribution in [3.05, 3.63) is 12.7 Å². The van der Waals surface area contributed by atoms with E-state index in [1.807, 2.05) is 0 Å². The molecule has 2 aromatic rings. The third-order valence-electron chi connectivity index (χ3n) is 4.45. The lowest BCUT2D eigenvalue weighted by molar-refractivity contribution is -0.200. The van der Waals surface area contributed by atoms with Crippen LogP contribution in [0.2, 0.25) is 0 Å². The maximum atomic E-state index is 11.7. The van der Waals surface area contributed by atoms with Crippen molar-refractivity contribution in [2.75, 3.05) is 12.3 Å². The minimum Gasteiger partial charge on any atom is -0.430 e. The second-order valence-electron chi connectivity index (χ2n) is 7.40. The van der Waals surface area contributed by atoms with Crippen LogP contribution in [0.3, 0.4) is 0 Å². The molecule has 12 heteroatoms. The monoisotopic (exact) mass is 406 g/mol. The number of aromatic nitrogens is 4. The number of nitrogen functional groups attached to an aromatic ring is 1. The predicted molar refractivity (Wildman–Crippen MR) is 98.7 cm³/mol. The molecular weight excluding hydrogens is 384 g/mol. The molecule has 0 unspecified atom stereocenters. The number of hydrogen-bond acceptors (Lipinski definition) is 11. The summed E-state index contributed by atoms with van der Waals surface area (Å²) >= 11 is 0. The fraction of sp³-hybridized carbons (Fsp3) is 0.588. The van der Waals surface area contributed by atoms with E-state index in [0.717, 1.165) is 0 Å². The first-order valence-corrected chi connectivity index (χ1v) is 9.04. The van der Waals surface area contributed by atoms with Gasteiger partial charge in [0.05, 0.1) is 12.0 Å². The zero-order chi connectivity index (χ0) is 20.8. The van der Waals surface area contributed by atoms with Crippen LogP contribution in [0.4, 0.5) is 10.6 Å². The number of hydrogen-bond donors (Lipinski definition) is 1. The predicted octanol–water partition coefficient (Wildman–Crippen LogP) is 1.37. The Morgan fingerprint density at radius 2 is 2.03 bits per heavy atom. The number of oxime groups is 1. The molecule has 2 aromatic heterocycles. The number of fused-ring (bicyclic) bond motifs is 2. The van der Waals surface area contributed by atoms with Crippen LogP contribution >= 0.6 is 0 Å². The third-order valence-corrected chi connectivity index (χ3v) is 4.45. The zero-order valence-electron chi connectivity index (χ0n) is 16.4. The molecule has 2 fully saturated rings. The van der Waals surface area contributed by atoms with Gasteiger partial charge in [0.25, 0.3) is 0 Å². The largest absolute Gasteiger partial charge is 0.535 e. The fourth-order valence-electron chi connectivity index (χ4n) is 3.38. The Kier molecular flexibility index (Phi) is 4.84. The van der Waals surface area contributed by atoms with Gasteiger partial charge in [0.15, 0.2) is 23.5 Å². The van der Waals surface area contributed by atoms with Gasteiger partial charge in [-0.05, 0) is 27.7 Å². The number of rotatable bonds is 4. The Bertz CT molecular complexity index is 955. The van der Waals surface area contributed by atoms with E-state index in [1.165, 1.54) is 6.33 Å². The van der Waals surface area contributed by atoms with Gasteiger partial charge in [-0.25, -0.2) is 19.7 Å². The molecule has 4 rings (SSSR count). The molecule has 0 saturated carbocycles. The van der Waals surface area contributed by atoms with Crippen molar-refractivity contribution in [1.29, 1.82) is 0 Å². The smallest absolute Gasteiger partial charge is 0.430 e. The normalized spacial score (nSPS) is 27.6. The second-order valence-corrected chi connectivity index (χ2v) is 7.40. The molecule has 2 N–H and O–H groups in total. The Hall–Kier alpha value is -2.83. The Morgan fingerprint density at radius 1 is 1.28 bits per heavy atom. The van der Waals surface area contributed by atoms with Gasteiger partial charge in [-0.15, -0.1) is 0 Å². The highest BCUT2D eigenvalue weighted by Crippen LogP contribution is 2.43. The summed E-state index contributed by atoms with van der Waals surface area (Å²) in [5.41, 5.74) is 7.42. The van der Waals surface area contributed by atoms with Crippen molar-refractivity contribution in [1.82, 2.24) is 19.5 Å². The highest BCUT2D eigenvalue weighted by atomic mass is 16.8. The molecule has 0 radical (unpaired) electrons. The van der Waals surface area contributed by atoms with E-state index in [1.54, 1.807) is 38.6 Å². The van der Waals surface area contributed by atoms with E-state index >= 15 is 0 Å². The number of nitrogens with zero attached hydrogens (tertiary/aromatic N) is 5. The number of carbonyl (C=O) groups is 1. The summed E-state index contributed by atoms with van der Waals surface area (Å²) in [6, 6.07) is 0. The fourth-order valence-corrected chi connectivity index (χ4v) is 3.38. The van der Waals surface area contributed by atoms with Gasteiger partial charge in [-0.3, -0.25) is 9.40 Å². The number of anilines is 1. The van der Waals surface area contributed by atoms with Gasteiger partial charge in [0.1, 0.15) is 36.8 Å². The lowest BCUT2D eigenvalue weighted by Gasteiger charge is -2.24. The maximum Gasteiger partial charge on any atom is 0.535 e. The molecule has 0 spiro atoms. The summed E-state index contributed by atoms with van der Waals surface area (Å²) in [7, 11) is 0. The van der Waals surface area contributed by atoms with Gasteiger partial charge >= 0.3 is 6.16 Å². The third kappa shape index (κ3) is 3.73. The van der Waals surface area contributed by atoms with Gasteiger partial charge in [-0.2, -0.15) is 0 Å². The van der Waals surface area contributed by atoms with Gasteiger partial charge in [0.2, 0.25) is 0 Å². The minimum atomic E-state index is -0.929. The molecule has 29 heavy (non-hydrogen) atoms. The molecule has 0 amide bonds. The molecule has 2 aliphatic heterocycles. The highest BCUT2D eigenvalue weighted by molar-refractivity contribution is 5.81. The molecule has 12 nitrogen and oxygen atoms in total. The minimum absolute atomic E-state index is 0.0992. The second kappa shape index (κ2) is 7.21. The van der Waals surface area contributed by atoms with Crippen molar-refractivity contribution in [3.63, 3.8) is 0 Å². The molecule has 0 aliphatic carbocycles. The highest BCUT2D eigenvalue weighted by Gasteiger charge is 2.56. The Morgan fingerprint density at radius 3 is 2.79 bits per heavy atom. The first-order valence-electron chi connectivity index (χ1n) is 9.04. The molecule has 0 bridgehead atoms. The van der Waals surface area contributed by atoms with E-state index < -0.39 is 36.5 Å². The van der Waals surface area contributed by atoms with E-state index in [2.05, 4.69) is 24.9 Å². The zero-order valence-corrected chi connectivity index (χ0v) is 16.4. The van der Waals surface area contributed by atoms with Crippen LogP contribution in [-0.4, -0.2) is 62.1 Å². The van der Waals surface area contributed by atoms with Crippen molar-refractivity contribution in [2.45, 2.75) is 58.0 Å². The molecule has 156 valence electrons. The molecule has 2 saturated heterocycles. The van der Waals surface area contributed by atoms with Crippen LogP contribution < -0.4 is 5.73 Å². The van der Waals surface area contributed by atoms with Crippen molar-refractivity contribution >= 4 is 28.8 Å². The van der Waals surface area contributed by atoms with Crippen LogP contribution in [0.25, 0.3) is 11.2 Å². The Balaban J connectivity index is 1.55. The number of nitrogens with two attached hydrogens (primary N) is 1. The first kappa shape index (κ1) is 19.5. The van der Waals surface area contributed by atoms with Crippen LogP contribution in [0.15, 0.2) is 17.8 Å². The summed E-state index contributed by atoms with van der Waals surface area (Å²) in [6.07, 6.45) is -0.172. The Labute approximate surface area is 165 Å². The number of ether oxygens (including phenoxy) is 4. The molecule has 2 aliphatic rings. The summed E-state index contributed by atoms with van der Waals surface area (Å²) in [5.74, 6) is -0.564. The average molecular weight is 406 g/mol. The van der Waals surface area contributed by atoms with Crippen molar-refractivity contribution in [3.8, 4) is 0 Å². The first-order chi connectivity index (χ1) is 13.7. The number of imidazole rings is 1. The lowest BCUT2D eigenvalue weighted by atomic mass is 10.1. The molecule has 4 heterocycles. The van der Waals surface area contributed by atoms with Crippen molar-refractivity contribution < 1.29 is 28.6 Å². The standard InChI is InChI=1S/C17H22N6O6/c1-8(2)22-29-16(24)25-5-9-11-12(28-17(3,4)27-11)15(26-9)23-7-21-10-13(18)19-6-20-14(10)23/h6-7,9,11-12,15H,5H2,1-4H3,(H2,18,19,20)/t9-,11-,12-,15-/m1/s1. The van der Waals surface area contributed by atoms with Crippen LogP contribution in [0.1, 0.15) is 33.9 Å². The van der Waals surface area contributed by atoms with Crippen LogP contribution in [0.5, 0.6) is 0 Å². The van der Waals surface area contributed by atoms with E-state index in [9.17, 15) is 4.79 Å². The summed E-state index contributed by atoms with van der Waals surface area (Å²) < 4.78 is 24.9. The lowest BCUT2D eigenvalue weighted by Crippen LogP contribution is -2.33. The van der Waals surface area contributed by atoms with Crippen LogP contribution in [-0.2, 0) is 23.8 Å². The van der Waals surface area contributed by atoms with Gasteiger partial charge in [-0.1, -0.05) is 5.16 Å². The average Bonchev–Trinajstić information content (AvgIpc) is 3.30. The van der Waals surface area contributed by atoms with E-state index in [-0.39, 0.29) is 12.4 Å². The van der Waals surface area contributed by atoms with Crippen LogP contribution in [0, 0.1) is 0 Å². The quantitative estimate of drug-likeness (QED) is 0.342. The molecular formula is C17H22N6O6. The topological polar surface area (TPSA) is 145 Å². The summed E-state index contributed by atoms with van der Waals surface area (Å²) in [4.78, 5) is 28.8. The van der Waals surface area contributed by atoms with Gasteiger partial charge in [0, 0.05) is 0 Å². The number of carbonyl (C=O) groups excluding carboxylic acids is 1. The van der Waals surface area contributed by atoms with E-state index in [4.69, 9.17) is 24.7 Å². The summed E-state index contributed by atoms with van der Waals surface area (Å²) in [5, 5.41) is 3.56. The summed E-state index contributed by atoms with van der Waals surface area (Å²) in [6.45, 7) is 6.90. The SMILES string of the molecule is CC(C)=NOC(=O)OC[C@H]1O[C@@H](n2cnc3c(N)ncnc32)[C@@H]2OC(C)(C)O[C@@H]21.